The molecule has 1 atom stereocenters. The van der Waals surface area contributed by atoms with Gasteiger partial charge < -0.3 is 9.80 Å². The Labute approximate surface area is 126 Å². The monoisotopic (exact) mass is 300 g/mol. The standard InChI is InChI=1S/C15H22Cl2N2/c1-3-14-11-18(2)7-4-8-19(14)15-9-13(17)6-5-12(15)10-16/h5-6,9,14H,3-4,7-8,10-11H2,1-2H3. The lowest BCUT2D eigenvalue weighted by atomic mass is 10.1. The van der Waals surface area contributed by atoms with Crippen molar-refractivity contribution < 1.29 is 0 Å². The molecule has 1 aromatic rings. The summed E-state index contributed by atoms with van der Waals surface area (Å²) in [5.41, 5.74) is 2.39. The van der Waals surface area contributed by atoms with Gasteiger partial charge >= 0.3 is 0 Å². The zero-order valence-electron chi connectivity index (χ0n) is 11.7. The number of anilines is 1. The van der Waals surface area contributed by atoms with E-state index in [2.05, 4.69) is 29.8 Å². The number of hydrogen-bond donors (Lipinski definition) is 0. The fraction of sp³-hybridized carbons (Fsp3) is 0.600. The van der Waals surface area contributed by atoms with Crippen LogP contribution in [0.2, 0.25) is 5.02 Å². The maximum atomic E-state index is 6.17. The smallest absolute Gasteiger partial charge is 0.0494 e. The lowest BCUT2D eigenvalue weighted by Gasteiger charge is -2.33. The molecule has 0 saturated carbocycles. The van der Waals surface area contributed by atoms with Crippen molar-refractivity contribution in [3.05, 3.63) is 28.8 Å². The van der Waals surface area contributed by atoms with Crippen molar-refractivity contribution >= 4 is 28.9 Å². The summed E-state index contributed by atoms with van der Waals surface area (Å²) in [7, 11) is 2.20. The Morgan fingerprint density at radius 2 is 2.11 bits per heavy atom. The average Bonchev–Trinajstić information content (AvgIpc) is 2.60. The molecule has 106 valence electrons. The summed E-state index contributed by atoms with van der Waals surface area (Å²) < 4.78 is 0. The van der Waals surface area contributed by atoms with E-state index in [1.54, 1.807) is 0 Å². The molecule has 1 aromatic carbocycles. The fourth-order valence-corrected chi connectivity index (χ4v) is 3.22. The van der Waals surface area contributed by atoms with Crippen LogP contribution in [0.4, 0.5) is 5.69 Å². The summed E-state index contributed by atoms with van der Waals surface area (Å²) in [5.74, 6) is 0.537. The molecule has 1 unspecified atom stereocenters. The van der Waals surface area contributed by atoms with Gasteiger partial charge in [-0.25, -0.2) is 0 Å². The van der Waals surface area contributed by atoms with Gasteiger partial charge in [-0.3, -0.25) is 0 Å². The Balaban J connectivity index is 2.34. The van der Waals surface area contributed by atoms with Gasteiger partial charge in [0.15, 0.2) is 0 Å². The van der Waals surface area contributed by atoms with Gasteiger partial charge in [-0.05, 0) is 44.1 Å². The van der Waals surface area contributed by atoms with E-state index in [0.717, 1.165) is 31.1 Å². The van der Waals surface area contributed by atoms with Crippen molar-refractivity contribution in [3.8, 4) is 0 Å². The largest absolute Gasteiger partial charge is 0.367 e. The summed E-state index contributed by atoms with van der Waals surface area (Å²) in [5, 5.41) is 0.788. The summed E-state index contributed by atoms with van der Waals surface area (Å²) in [6.45, 7) is 5.59. The maximum Gasteiger partial charge on any atom is 0.0494 e. The molecule has 4 heteroatoms. The Hall–Kier alpha value is -0.440. The second kappa shape index (κ2) is 6.83. The minimum atomic E-state index is 0.535. The molecule has 0 aliphatic carbocycles. The Bertz CT molecular complexity index is 423. The van der Waals surface area contributed by atoms with Gasteiger partial charge in [0.25, 0.3) is 0 Å². The third-order valence-electron chi connectivity index (χ3n) is 3.87. The van der Waals surface area contributed by atoms with Crippen LogP contribution in [0, 0.1) is 0 Å². The molecule has 2 nitrogen and oxygen atoms in total. The van der Waals surface area contributed by atoms with E-state index in [-0.39, 0.29) is 0 Å². The van der Waals surface area contributed by atoms with E-state index in [9.17, 15) is 0 Å². The van der Waals surface area contributed by atoms with Crippen molar-refractivity contribution in [2.24, 2.45) is 0 Å². The molecule has 0 radical (unpaired) electrons. The minimum absolute atomic E-state index is 0.535. The van der Waals surface area contributed by atoms with Gasteiger partial charge in [0.2, 0.25) is 0 Å². The second-order valence-electron chi connectivity index (χ2n) is 5.28. The summed E-state index contributed by atoms with van der Waals surface area (Å²) in [4.78, 5) is 4.91. The molecule has 0 N–H and O–H groups in total. The van der Waals surface area contributed by atoms with E-state index in [0.29, 0.717) is 11.9 Å². The third-order valence-corrected chi connectivity index (χ3v) is 4.40. The lowest BCUT2D eigenvalue weighted by Crippen LogP contribution is -2.40. The zero-order chi connectivity index (χ0) is 13.8. The van der Waals surface area contributed by atoms with Crippen molar-refractivity contribution in [2.45, 2.75) is 31.7 Å². The highest BCUT2D eigenvalue weighted by atomic mass is 35.5. The Morgan fingerprint density at radius 1 is 1.32 bits per heavy atom. The fourth-order valence-electron chi connectivity index (χ4n) is 2.83. The molecule has 1 fully saturated rings. The van der Waals surface area contributed by atoms with Crippen molar-refractivity contribution in [3.63, 3.8) is 0 Å². The van der Waals surface area contributed by atoms with Gasteiger partial charge in [0.1, 0.15) is 0 Å². The van der Waals surface area contributed by atoms with Crippen LogP contribution in [0.25, 0.3) is 0 Å². The molecular weight excluding hydrogens is 279 g/mol. The number of rotatable bonds is 3. The van der Waals surface area contributed by atoms with Gasteiger partial charge in [-0.2, -0.15) is 0 Å². The van der Waals surface area contributed by atoms with Crippen molar-refractivity contribution in [1.82, 2.24) is 4.90 Å². The molecule has 0 aromatic heterocycles. The molecule has 0 spiro atoms. The van der Waals surface area contributed by atoms with Crippen LogP contribution < -0.4 is 4.90 Å². The number of benzene rings is 1. The van der Waals surface area contributed by atoms with Crippen LogP contribution in [-0.4, -0.2) is 37.6 Å². The van der Waals surface area contributed by atoms with E-state index in [1.807, 2.05) is 12.1 Å². The molecule has 1 aliphatic heterocycles. The minimum Gasteiger partial charge on any atom is -0.367 e. The number of hydrogen-bond acceptors (Lipinski definition) is 2. The van der Waals surface area contributed by atoms with Crippen LogP contribution in [0.3, 0.4) is 0 Å². The van der Waals surface area contributed by atoms with E-state index in [4.69, 9.17) is 23.2 Å². The molecule has 19 heavy (non-hydrogen) atoms. The van der Waals surface area contributed by atoms with Crippen molar-refractivity contribution in [2.75, 3.05) is 31.6 Å². The topological polar surface area (TPSA) is 6.48 Å². The van der Waals surface area contributed by atoms with Gasteiger partial charge in [0, 0.05) is 35.7 Å². The Kier molecular flexibility index (Phi) is 5.37. The first-order valence-corrected chi connectivity index (χ1v) is 7.86. The highest BCUT2D eigenvalue weighted by molar-refractivity contribution is 6.31. The number of halogens is 2. The molecule has 1 heterocycles. The molecule has 1 saturated heterocycles. The lowest BCUT2D eigenvalue weighted by molar-refractivity contribution is 0.328. The summed E-state index contributed by atoms with van der Waals surface area (Å²) >= 11 is 12.3. The average molecular weight is 301 g/mol. The van der Waals surface area contributed by atoms with Gasteiger partial charge in [-0.1, -0.05) is 24.6 Å². The van der Waals surface area contributed by atoms with Gasteiger partial charge in [0.05, 0.1) is 0 Å². The SMILES string of the molecule is CCC1CN(C)CCCN1c1cc(Cl)ccc1CCl. The first-order chi connectivity index (χ1) is 9.15. The summed E-state index contributed by atoms with van der Waals surface area (Å²) in [6.07, 6.45) is 2.32. The number of alkyl halides is 1. The van der Waals surface area contributed by atoms with E-state index < -0.39 is 0 Å². The first-order valence-electron chi connectivity index (χ1n) is 6.95. The van der Waals surface area contributed by atoms with Crippen LogP contribution in [-0.2, 0) is 5.88 Å². The zero-order valence-corrected chi connectivity index (χ0v) is 13.2. The van der Waals surface area contributed by atoms with Crippen molar-refractivity contribution in [1.29, 1.82) is 0 Å². The second-order valence-corrected chi connectivity index (χ2v) is 5.98. The highest BCUT2D eigenvalue weighted by Crippen LogP contribution is 2.30. The maximum absolute atomic E-state index is 6.17. The molecule has 1 aliphatic rings. The quantitative estimate of drug-likeness (QED) is 0.779. The molecular formula is C15H22Cl2N2. The van der Waals surface area contributed by atoms with Crippen LogP contribution in [0.5, 0.6) is 0 Å². The predicted octanol–water partition coefficient (Wildman–Crippen LogP) is 4.00. The van der Waals surface area contributed by atoms with Crippen LogP contribution in [0.1, 0.15) is 25.3 Å². The molecule has 0 amide bonds. The Morgan fingerprint density at radius 3 is 2.79 bits per heavy atom. The highest BCUT2D eigenvalue weighted by Gasteiger charge is 2.23. The first kappa shape index (κ1) is 15.0. The normalized spacial score (nSPS) is 21.5. The molecule has 2 rings (SSSR count). The number of nitrogens with zero attached hydrogens (tertiary/aromatic N) is 2. The van der Waals surface area contributed by atoms with Gasteiger partial charge in [-0.15, -0.1) is 11.6 Å². The van der Waals surface area contributed by atoms with Crippen LogP contribution >= 0.6 is 23.2 Å². The molecule has 0 bridgehead atoms. The third kappa shape index (κ3) is 3.56. The van der Waals surface area contributed by atoms with Crippen LogP contribution in [0.15, 0.2) is 18.2 Å². The number of likely N-dealkylation sites (N-methyl/N-ethyl adjacent to an activating group) is 1. The summed E-state index contributed by atoms with van der Waals surface area (Å²) in [6, 6.07) is 6.57. The van der Waals surface area contributed by atoms with E-state index in [1.165, 1.54) is 17.7 Å². The van der Waals surface area contributed by atoms with E-state index >= 15 is 0 Å². The predicted molar refractivity (Wildman–Crippen MR) is 84.5 cm³/mol.